The Labute approximate surface area is 103 Å². The van der Waals surface area contributed by atoms with Gasteiger partial charge in [-0.2, -0.15) is 0 Å². The van der Waals surface area contributed by atoms with E-state index in [1.165, 1.54) is 37.7 Å². The van der Waals surface area contributed by atoms with Gasteiger partial charge in [0.05, 0.1) is 6.10 Å². The van der Waals surface area contributed by atoms with Crippen molar-refractivity contribution in [2.24, 2.45) is 5.92 Å². The number of rotatable bonds is 3. The molecule has 0 aromatic heterocycles. The minimum absolute atomic E-state index is 0.377. The van der Waals surface area contributed by atoms with Crippen LogP contribution in [0, 0.1) is 12.0 Å². The summed E-state index contributed by atoms with van der Waals surface area (Å²) in [6, 6.07) is 11.1. The van der Waals surface area contributed by atoms with Crippen LogP contribution in [0.3, 0.4) is 0 Å². The second-order valence-corrected chi connectivity index (χ2v) is 5.16. The maximum absolute atomic E-state index is 5.78. The maximum Gasteiger partial charge on any atom is 0.103 e. The van der Waals surface area contributed by atoms with Gasteiger partial charge in [-0.3, -0.25) is 0 Å². The topological polar surface area (TPSA) is 12.5 Å². The lowest BCUT2D eigenvalue weighted by molar-refractivity contribution is 0.264. The van der Waals surface area contributed by atoms with Gasteiger partial charge in [-0.15, -0.1) is 0 Å². The first kappa shape index (κ1) is 11.0. The molecule has 0 amide bonds. The maximum atomic E-state index is 5.78. The lowest BCUT2D eigenvalue weighted by Gasteiger charge is -2.19. The highest BCUT2D eigenvalue weighted by molar-refractivity contribution is 5.49. The summed E-state index contributed by atoms with van der Waals surface area (Å²) >= 11 is 0. The monoisotopic (exact) mass is 227 g/mol. The quantitative estimate of drug-likeness (QED) is 0.715. The van der Waals surface area contributed by atoms with Gasteiger partial charge in [-0.1, -0.05) is 55.7 Å². The molecule has 1 saturated carbocycles. The minimum atomic E-state index is 0.377. The molecular formula is C16H19O. The van der Waals surface area contributed by atoms with Gasteiger partial charge in [0.2, 0.25) is 0 Å². The SMILES string of the molecule is [c]1ccc(C=CC2OC2C2CCCCC2)cc1. The van der Waals surface area contributed by atoms with E-state index in [1.807, 2.05) is 12.1 Å². The molecule has 1 heterocycles. The molecule has 2 aliphatic rings. The van der Waals surface area contributed by atoms with Crippen LogP contribution in [-0.4, -0.2) is 12.2 Å². The average molecular weight is 227 g/mol. The fraction of sp³-hybridized carbons (Fsp3) is 0.500. The zero-order chi connectivity index (χ0) is 11.5. The molecule has 17 heavy (non-hydrogen) atoms. The van der Waals surface area contributed by atoms with Gasteiger partial charge in [-0.05, 0) is 30.4 Å². The first-order valence-electron chi connectivity index (χ1n) is 6.73. The van der Waals surface area contributed by atoms with Crippen molar-refractivity contribution in [2.45, 2.75) is 44.3 Å². The summed E-state index contributed by atoms with van der Waals surface area (Å²) in [7, 11) is 0. The zero-order valence-corrected chi connectivity index (χ0v) is 10.1. The summed E-state index contributed by atoms with van der Waals surface area (Å²) in [5.41, 5.74) is 1.24. The van der Waals surface area contributed by atoms with Crippen LogP contribution in [0.15, 0.2) is 30.3 Å². The van der Waals surface area contributed by atoms with Gasteiger partial charge < -0.3 is 4.74 Å². The predicted octanol–water partition coefficient (Wildman–Crippen LogP) is 3.85. The first-order chi connectivity index (χ1) is 8.43. The van der Waals surface area contributed by atoms with Crippen LogP contribution < -0.4 is 0 Å². The lowest BCUT2D eigenvalue weighted by Crippen LogP contribution is -2.13. The van der Waals surface area contributed by atoms with E-state index in [0.717, 1.165) is 5.92 Å². The molecule has 89 valence electrons. The molecule has 1 aliphatic carbocycles. The van der Waals surface area contributed by atoms with Crippen molar-refractivity contribution in [2.75, 3.05) is 0 Å². The summed E-state index contributed by atoms with van der Waals surface area (Å²) in [6.45, 7) is 0. The molecule has 0 bridgehead atoms. The van der Waals surface area contributed by atoms with Crippen LogP contribution >= 0.6 is 0 Å². The van der Waals surface area contributed by atoms with Crippen molar-refractivity contribution in [1.29, 1.82) is 0 Å². The molecule has 1 saturated heterocycles. The Kier molecular flexibility index (Phi) is 3.28. The highest BCUT2D eigenvalue weighted by Crippen LogP contribution is 2.39. The largest absolute Gasteiger partial charge is 0.365 e. The van der Waals surface area contributed by atoms with E-state index in [0.29, 0.717) is 12.2 Å². The average Bonchev–Trinajstić information content (AvgIpc) is 3.18. The molecule has 1 aromatic carbocycles. The Morgan fingerprint density at radius 2 is 1.88 bits per heavy atom. The summed E-state index contributed by atoms with van der Waals surface area (Å²) in [5.74, 6) is 0.822. The molecule has 1 heteroatoms. The standard InChI is InChI=1S/C16H19O/c1-3-7-13(8-4-1)11-12-15-16(17-15)14-9-5-2-6-10-14/h3-4,7-8,11-12,14-16H,2,5-6,9-10H2. The highest BCUT2D eigenvalue weighted by atomic mass is 16.6. The van der Waals surface area contributed by atoms with E-state index < -0.39 is 0 Å². The normalized spacial score (nSPS) is 29.6. The van der Waals surface area contributed by atoms with E-state index in [2.05, 4.69) is 30.4 Å². The fourth-order valence-electron chi connectivity index (χ4n) is 2.85. The van der Waals surface area contributed by atoms with Crippen molar-refractivity contribution in [3.8, 4) is 0 Å². The van der Waals surface area contributed by atoms with Gasteiger partial charge in [0.25, 0.3) is 0 Å². The number of benzene rings is 1. The van der Waals surface area contributed by atoms with Crippen LogP contribution in [0.1, 0.15) is 37.7 Å². The molecule has 0 spiro atoms. The van der Waals surface area contributed by atoms with Crippen LogP contribution in [0.2, 0.25) is 0 Å². The summed E-state index contributed by atoms with van der Waals surface area (Å²) < 4.78 is 5.78. The Bertz CT molecular complexity index is 376. The van der Waals surface area contributed by atoms with Gasteiger partial charge in [-0.25, -0.2) is 0 Å². The van der Waals surface area contributed by atoms with Crippen molar-refractivity contribution < 1.29 is 4.74 Å². The van der Waals surface area contributed by atoms with E-state index in [-0.39, 0.29) is 0 Å². The summed E-state index contributed by atoms with van der Waals surface area (Å²) in [6.07, 6.45) is 12.2. The first-order valence-corrected chi connectivity index (χ1v) is 6.73. The molecule has 1 radical (unpaired) electrons. The fourth-order valence-corrected chi connectivity index (χ4v) is 2.85. The lowest BCUT2D eigenvalue weighted by atomic mass is 9.86. The highest BCUT2D eigenvalue weighted by Gasteiger charge is 2.42. The Morgan fingerprint density at radius 1 is 1.12 bits per heavy atom. The van der Waals surface area contributed by atoms with Crippen LogP contribution in [-0.2, 0) is 4.74 Å². The minimum Gasteiger partial charge on any atom is -0.365 e. The van der Waals surface area contributed by atoms with Crippen LogP contribution in [0.5, 0.6) is 0 Å². The molecule has 2 unspecified atom stereocenters. The van der Waals surface area contributed by atoms with Crippen molar-refractivity contribution >= 4 is 6.08 Å². The summed E-state index contributed by atoms with van der Waals surface area (Å²) in [5, 5.41) is 0. The Balaban J connectivity index is 1.53. The number of epoxide rings is 1. The van der Waals surface area contributed by atoms with Gasteiger partial charge >= 0.3 is 0 Å². The molecule has 3 rings (SSSR count). The van der Waals surface area contributed by atoms with E-state index in [9.17, 15) is 0 Å². The third kappa shape index (κ3) is 2.78. The van der Waals surface area contributed by atoms with Crippen molar-refractivity contribution in [3.05, 3.63) is 42.0 Å². The molecular weight excluding hydrogens is 208 g/mol. The van der Waals surface area contributed by atoms with Gasteiger partial charge in [0.15, 0.2) is 0 Å². The van der Waals surface area contributed by atoms with Crippen LogP contribution in [0.25, 0.3) is 6.08 Å². The molecule has 2 fully saturated rings. The van der Waals surface area contributed by atoms with E-state index >= 15 is 0 Å². The molecule has 0 N–H and O–H groups in total. The molecule has 2 atom stereocenters. The molecule has 1 aromatic rings. The van der Waals surface area contributed by atoms with Crippen molar-refractivity contribution in [3.63, 3.8) is 0 Å². The predicted molar refractivity (Wildman–Crippen MR) is 69.5 cm³/mol. The Hall–Kier alpha value is -1.08. The third-order valence-corrected chi connectivity index (χ3v) is 3.90. The van der Waals surface area contributed by atoms with Gasteiger partial charge in [0.1, 0.15) is 6.10 Å². The van der Waals surface area contributed by atoms with Crippen molar-refractivity contribution in [1.82, 2.24) is 0 Å². The van der Waals surface area contributed by atoms with E-state index in [1.54, 1.807) is 0 Å². The number of hydrogen-bond acceptors (Lipinski definition) is 1. The smallest absolute Gasteiger partial charge is 0.103 e. The van der Waals surface area contributed by atoms with E-state index in [4.69, 9.17) is 4.74 Å². The molecule has 1 aliphatic heterocycles. The zero-order valence-electron chi connectivity index (χ0n) is 10.1. The second-order valence-electron chi connectivity index (χ2n) is 5.16. The van der Waals surface area contributed by atoms with Crippen LogP contribution in [0.4, 0.5) is 0 Å². The number of hydrogen-bond donors (Lipinski definition) is 0. The Morgan fingerprint density at radius 3 is 2.65 bits per heavy atom. The third-order valence-electron chi connectivity index (χ3n) is 3.90. The molecule has 1 nitrogen and oxygen atoms in total. The second kappa shape index (κ2) is 5.05. The summed E-state index contributed by atoms with van der Waals surface area (Å²) in [4.78, 5) is 0. The van der Waals surface area contributed by atoms with Gasteiger partial charge in [0, 0.05) is 0 Å². The number of ether oxygens (including phenoxy) is 1.